The molecule has 0 radical (unpaired) electrons. The molecule has 2 N–H and O–H groups in total. The van der Waals surface area contributed by atoms with Gasteiger partial charge in [-0.3, -0.25) is 4.90 Å². The SMILES string of the molecule is O=C(Nc1ccc(F)cc1Cl)NC1CCN(Cc2ccccc2)CC1. The maximum Gasteiger partial charge on any atom is 0.319 e. The second kappa shape index (κ2) is 8.32. The zero-order chi connectivity index (χ0) is 17.6. The van der Waals surface area contributed by atoms with E-state index in [-0.39, 0.29) is 17.1 Å². The van der Waals surface area contributed by atoms with Crippen LogP contribution in [0.4, 0.5) is 14.9 Å². The quantitative estimate of drug-likeness (QED) is 0.854. The van der Waals surface area contributed by atoms with E-state index >= 15 is 0 Å². The third kappa shape index (κ3) is 5.18. The molecule has 0 aliphatic carbocycles. The number of likely N-dealkylation sites (tertiary alicyclic amines) is 1. The van der Waals surface area contributed by atoms with Gasteiger partial charge in [0.25, 0.3) is 0 Å². The first-order valence-electron chi connectivity index (χ1n) is 8.39. The number of anilines is 1. The molecule has 0 spiro atoms. The molecule has 3 rings (SSSR count). The van der Waals surface area contributed by atoms with Crippen LogP contribution in [-0.4, -0.2) is 30.1 Å². The van der Waals surface area contributed by atoms with Crippen LogP contribution in [0.3, 0.4) is 0 Å². The number of benzene rings is 2. The molecule has 4 nitrogen and oxygen atoms in total. The molecule has 1 aliphatic heterocycles. The Bertz CT molecular complexity index is 718. The minimum atomic E-state index is -0.429. The van der Waals surface area contributed by atoms with E-state index in [0.29, 0.717) is 5.69 Å². The van der Waals surface area contributed by atoms with Gasteiger partial charge in [0.05, 0.1) is 10.7 Å². The van der Waals surface area contributed by atoms with Crippen molar-refractivity contribution < 1.29 is 9.18 Å². The summed E-state index contributed by atoms with van der Waals surface area (Å²) in [5.41, 5.74) is 1.71. The van der Waals surface area contributed by atoms with E-state index in [2.05, 4.69) is 39.8 Å². The van der Waals surface area contributed by atoms with E-state index in [4.69, 9.17) is 11.6 Å². The molecular weight excluding hydrogens is 341 g/mol. The fraction of sp³-hybridized carbons (Fsp3) is 0.316. The molecule has 6 heteroatoms. The highest BCUT2D eigenvalue weighted by atomic mass is 35.5. The van der Waals surface area contributed by atoms with Gasteiger partial charge < -0.3 is 10.6 Å². The summed E-state index contributed by atoms with van der Waals surface area (Å²) >= 11 is 5.92. The van der Waals surface area contributed by atoms with Crippen LogP contribution in [0.15, 0.2) is 48.5 Å². The van der Waals surface area contributed by atoms with Crippen molar-refractivity contribution in [3.05, 3.63) is 64.9 Å². The van der Waals surface area contributed by atoms with Gasteiger partial charge in [0.1, 0.15) is 5.82 Å². The van der Waals surface area contributed by atoms with Crippen LogP contribution >= 0.6 is 11.6 Å². The van der Waals surface area contributed by atoms with Gasteiger partial charge in [0, 0.05) is 25.7 Å². The molecule has 0 bridgehead atoms. The number of carbonyl (C=O) groups is 1. The van der Waals surface area contributed by atoms with Crippen LogP contribution < -0.4 is 10.6 Å². The first kappa shape index (κ1) is 17.7. The molecule has 2 aromatic rings. The Morgan fingerprint density at radius 3 is 2.56 bits per heavy atom. The van der Waals surface area contributed by atoms with E-state index in [9.17, 15) is 9.18 Å². The summed E-state index contributed by atoms with van der Waals surface area (Å²) in [5, 5.41) is 5.83. The van der Waals surface area contributed by atoms with E-state index in [0.717, 1.165) is 32.5 Å². The van der Waals surface area contributed by atoms with Crippen molar-refractivity contribution in [1.82, 2.24) is 10.2 Å². The van der Waals surface area contributed by atoms with Crippen LogP contribution in [0.5, 0.6) is 0 Å². The second-order valence-corrected chi connectivity index (χ2v) is 6.67. The van der Waals surface area contributed by atoms with Crippen LogP contribution in [0.1, 0.15) is 18.4 Å². The lowest BCUT2D eigenvalue weighted by Gasteiger charge is -2.32. The zero-order valence-corrected chi connectivity index (χ0v) is 14.6. The third-order valence-corrected chi connectivity index (χ3v) is 4.66. The lowest BCUT2D eigenvalue weighted by molar-refractivity contribution is 0.190. The number of urea groups is 1. The lowest BCUT2D eigenvalue weighted by Crippen LogP contribution is -2.45. The highest BCUT2D eigenvalue weighted by Crippen LogP contribution is 2.22. The molecule has 2 aromatic carbocycles. The number of nitrogens with one attached hydrogen (secondary N) is 2. The second-order valence-electron chi connectivity index (χ2n) is 6.26. The fourth-order valence-electron chi connectivity index (χ4n) is 3.01. The summed E-state index contributed by atoms with van der Waals surface area (Å²) < 4.78 is 13.0. The Morgan fingerprint density at radius 2 is 1.88 bits per heavy atom. The molecule has 0 unspecified atom stereocenters. The van der Waals surface area contributed by atoms with Crippen LogP contribution in [-0.2, 0) is 6.54 Å². The number of carbonyl (C=O) groups excluding carboxylic acids is 1. The van der Waals surface area contributed by atoms with Gasteiger partial charge in [-0.15, -0.1) is 0 Å². The summed E-state index contributed by atoms with van der Waals surface area (Å²) in [6, 6.07) is 14.1. The summed E-state index contributed by atoms with van der Waals surface area (Å²) in [7, 11) is 0. The molecule has 25 heavy (non-hydrogen) atoms. The number of halogens is 2. The Labute approximate surface area is 152 Å². The molecule has 0 aromatic heterocycles. The van der Waals surface area contributed by atoms with Crippen LogP contribution in [0.2, 0.25) is 5.02 Å². The molecule has 1 aliphatic rings. The van der Waals surface area contributed by atoms with Gasteiger partial charge in [-0.05, 0) is 36.6 Å². The van der Waals surface area contributed by atoms with Crippen molar-refractivity contribution >= 4 is 23.3 Å². The van der Waals surface area contributed by atoms with Crippen molar-refractivity contribution in [1.29, 1.82) is 0 Å². The number of hydrogen-bond acceptors (Lipinski definition) is 2. The van der Waals surface area contributed by atoms with Crippen molar-refractivity contribution in [2.45, 2.75) is 25.4 Å². The summed E-state index contributed by atoms with van der Waals surface area (Å²) in [6.07, 6.45) is 1.80. The summed E-state index contributed by atoms with van der Waals surface area (Å²) in [5.74, 6) is -0.429. The average Bonchev–Trinajstić information content (AvgIpc) is 2.60. The van der Waals surface area contributed by atoms with Crippen molar-refractivity contribution in [2.75, 3.05) is 18.4 Å². The summed E-state index contributed by atoms with van der Waals surface area (Å²) in [6.45, 7) is 2.82. The van der Waals surface area contributed by atoms with E-state index in [1.54, 1.807) is 0 Å². The van der Waals surface area contributed by atoms with Crippen molar-refractivity contribution in [2.24, 2.45) is 0 Å². The predicted molar refractivity (Wildman–Crippen MR) is 98.3 cm³/mol. The minimum Gasteiger partial charge on any atom is -0.335 e. The monoisotopic (exact) mass is 361 g/mol. The average molecular weight is 362 g/mol. The maximum absolute atomic E-state index is 13.0. The number of piperidine rings is 1. The van der Waals surface area contributed by atoms with Gasteiger partial charge >= 0.3 is 6.03 Å². The van der Waals surface area contributed by atoms with Crippen molar-refractivity contribution in [3.63, 3.8) is 0 Å². The Hall–Kier alpha value is -2.11. The minimum absolute atomic E-state index is 0.131. The first-order chi connectivity index (χ1) is 12.1. The number of nitrogens with zero attached hydrogens (tertiary/aromatic N) is 1. The fourth-order valence-corrected chi connectivity index (χ4v) is 3.23. The lowest BCUT2D eigenvalue weighted by atomic mass is 10.0. The Kier molecular flexibility index (Phi) is 5.89. The van der Waals surface area contributed by atoms with Crippen molar-refractivity contribution in [3.8, 4) is 0 Å². The molecule has 2 amide bonds. The van der Waals surface area contributed by atoms with Gasteiger partial charge in [0.2, 0.25) is 0 Å². The molecule has 1 fully saturated rings. The molecule has 0 atom stereocenters. The maximum atomic E-state index is 13.0. The van der Waals surface area contributed by atoms with E-state index in [1.165, 1.54) is 23.8 Å². The van der Waals surface area contributed by atoms with Crippen LogP contribution in [0, 0.1) is 5.82 Å². The molecule has 132 valence electrons. The molecule has 1 heterocycles. The normalized spacial score (nSPS) is 15.8. The highest BCUT2D eigenvalue weighted by Gasteiger charge is 2.21. The van der Waals surface area contributed by atoms with E-state index in [1.807, 2.05) is 6.07 Å². The Morgan fingerprint density at radius 1 is 1.16 bits per heavy atom. The Balaban J connectivity index is 1.44. The third-order valence-electron chi connectivity index (χ3n) is 4.35. The van der Waals surface area contributed by atoms with Gasteiger partial charge in [-0.2, -0.15) is 0 Å². The van der Waals surface area contributed by atoms with Crippen LogP contribution in [0.25, 0.3) is 0 Å². The largest absolute Gasteiger partial charge is 0.335 e. The van der Waals surface area contributed by atoms with Gasteiger partial charge in [-0.1, -0.05) is 41.9 Å². The van der Waals surface area contributed by atoms with Gasteiger partial charge in [-0.25, -0.2) is 9.18 Å². The zero-order valence-electron chi connectivity index (χ0n) is 13.8. The standard InChI is InChI=1S/C19H21ClFN3O/c20-17-12-15(21)6-7-18(17)23-19(25)22-16-8-10-24(11-9-16)13-14-4-2-1-3-5-14/h1-7,12,16H,8-11,13H2,(H2,22,23,25). The predicted octanol–water partition coefficient (Wildman–Crippen LogP) is 4.27. The first-order valence-corrected chi connectivity index (χ1v) is 8.77. The van der Waals surface area contributed by atoms with Gasteiger partial charge in [0.15, 0.2) is 0 Å². The number of rotatable bonds is 4. The summed E-state index contributed by atoms with van der Waals surface area (Å²) in [4.78, 5) is 14.5. The molecule has 0 saturated carbocycles. The smallest absolute Gasteiger partial charge is 0.319 e. The molecule has 1 saturated heterocycles. The topological polar surface area (TPSA) is 44.4 Å². The highest BCUT2D eigenvalue weighted by molar-refractivity contribution is 6.33. The molecular formula is C19H21ClFN3O. The number of amides is 2. The van der Waals surface area contributed by atoms with E-state index < -0.39 is 5.82 Å². The number of hydrogen-bond donors (Lipinski definition) is 2.